The molecular formula is C20H15Cl3N3O4S-. The molecule has 11 heteroatoms. The molecule has 0 aliphatic rings. The van der Waals surface area contributed by atoms with Gasteiger partial charge in [0, 0.05) is 28.0 Å². The van der Waals surface area contributed by atoms with Crippen LogP contribution in [0.1, 0.15) is 17.2 Å². The van der Waals surface area contributed by atoms with Crippen LogP contribution in [-0.2, 0) is 17.9 Å². The van der Waals surface area contributed by atoms with Gasteiger partial charge in [-0.15, -0.1) is 11.3 Å². The molecular weight excluding hydrogens is 485 g/mol. The Hall–Kier alpha value is -2.36. The molecule has 0 radical (unpaired) electrons. The van der Waals surface area contributed by atoms with E-state index in [2.05, 4.69) is 16.4 Å². The van der Waals surface area contributed by atoms with Gasteiger partial charge in [0.2, 0.25) is 0 Å². The Morgan fingerprint density at radius 1 is 1.16 bits per heavy atom. The van der Waals surface area contributed by atoms with Gasteiger partial charge in [0.15, 0.2) is 0 Å². The molecule has 4 rings (SSSR count). The van der Waals surface area contributed by atoms with E-state index < -0.39 is 5.09 Å². The Bertz CT molecular complexity index is 1160. The molecule has 0 fully saturated rings. The van der Waals surface area contributed by atoms with Crippen LogP contribution in [0.2, 0.25) is 15.1 Å². The molecule has 0 amide bonds. The van der Waals surface area contributed by atoms with Crippen molar-refractivity contribution in [1.82, 2.24) is 9.55 Å². The van der Waals surface area contributed by atoms with Gasteiger partial charge in [0.1, 0.15) is 6.10 Å². The zero-order valence-corrected chi connectivity index (χ0v) is 18.9. The predicted molar refractivity (Wildman–Crippen MR) is 123 cm³/mol. The highest BCUT2D eigenvalue weighted by molar-refractivity contribution is 7.18. The maximum atomic E-state index is 8.25. The number of nitrogens with zero attached hydrogens (tertiary/aromatic N) is 3. The fourth-order valence-corrected chi connectivity index (χ4v) is 4.77. The van der Waals surface area contributed by atoms with Crippen molar-refractivity contribution in [1.29, 1.82) is 0 Å². The van der Waals surface area contributed by atoms with Crippen LogP contribution >= 0.6 is 46.1 Å². The van der Waals surface area contributed by atoms with Crippen LogP contribution in [0.15, 0.2) is 60.5 Å². The monoisotopic (exact) mass is 498 g/mol. The van der Waals surface area contributed by atoms with E-state index in [1.165, 1.54) is 0 Å². The average Bonchev–Trinajstić information content (AvgIpc) is 3.35. The van der Waals surface area contributed by atoms with E-state index in [1.807, 2.05) is 35.0 Å². The molecule has 2 aromatic carbocycles. The van der Waals surface area contributed by atoms with E-state index in [9.17, 15) is 0 Å². The zero-order valence-electron chi connectivity index (χ0n) is 15.8. The molecule has 4 aromatic rings. The summed E-state index contributed by atoms with van der Waals surface area (Å²) in [6.07, 6.45) is 5.17. The van der Waals surface area contributed by atoms with Crippen molar-refractivity contribution in [2.24, 2.45) is 0 Å². The number of hydrogen-bond donors (Lipinski definition) is 0. The average molecular weight is 500 g/mol. The van der Waals surface area contributed by atoms with Gasteiger partial charge in [-0.25, -0.2) is 4.98 Å². The molecule has 0 N–H and O–H groups in total. The molecule has 0 aliphatic heterocycles. The van der Waals surface area contributed by atoms with Crippen LogP contribution in [0, 0.1) is 15.3 Å². The van der Waals surface area contributed by atoms with E-state index in [0.29, 0.717) is 23.2 Å². The Balaban J connectivity index is 0.000000628. The second-order valence-corrected chi connectivity index (χ2v) is 8.46. The van der Waals surface area contributed by atoms with Crippen molar-refractivity contribution in [3.8, 4) is 0 Å². The molecule has 0 bridgehead atoms. The van der Waals surface area contributed by atoms with Crippen LogP contribution in [0.25, 0.3) is 10.1 Å². The fraction of sp³-hybridized carbons (Fsp3) is 0.150. The first-order chi connectivity index (χ1) is 14.8. The number of halogens is 3. The highest BCUT2D eigenvalue weighted by Crippen LogP contribution is 2.35. The number of hydrogen-bond acceptors (Lipinski definition) is 6. The third-order valence-electron chi connectivity index (χ3n) is 4.32. The standard InChI is InChI=1S/C20H15Cl3N2OS.NO3/c21-14-4-5-16(18(23)8-14)19(9-25-7-6-24-12-25)26-10-13-11-27-20-15(13)2-1-3-17(20)22;2-1(3)4/h1-8,11-12,19H,9-10H2;/q;-1/t19-;/m0./s1. The second kappa shape index (κ2) is 10.8. The minimum atomic E-state index is -1.75. The van der Waals surface area contributed by atoms with E-state index >= 15 is 0 Å². The highest BCUT2D eigenvalue weighted by atomic mass is 35.5. The summed E-state index contributed by atoms with van der Waals surface area (Å²) in [6, 6.07) is 11.4. The first-order valence-electron chi connectivity index (χ1n) is 8.83. The molecule has 162 valence electrons. The quantitative estimate of drug-likeness (QED) is 0.215. The SMILES string of the molecule is Clc1ccc([C@H](Cn2ccnc2)OCc2csc3c(Cl)cccc23)c(Cl)c1.O=[N+]([O-])[O-]. The molecule has 0 spiro atoms. The second-order valence-electron chi connectivity index (χ2n) is 6.33. The van der Waals surface area contributed by atoms with Crippen LogP contribution < -0.4 is 0 Å². The number of thiophene rings is 1. The minimum Gasteiger partial charge on any atom is -0.367 e. The lowest BCUT2D eigenvalue weighted by Crippen LogP contribution is -2.12. The van der Waals surface area contributed by atoms with Crippen molar-refractivity contribution in [2.45, 2.75) is 19.3 Å². The van der Waals surface area contributed by atoms with Gasteiger partial charge in [0.25, 0.3) is 0 Å². The van der Waals surface area contributed by atoms with Gasteiger partial charge in [-0.05, 0) is 34.5 Å². The first-order valence-corrected chi connectivity index (χ1v) is 10.8. The summed E-state index contributed by atoms with van der Waals surface area (Å²) in [5.74, 6) is 0. The largest absolute Gasteiger partial charge is 0.367 e. The lowest BCUT2D eigenvalue weighted by Gasteiger charge is -2.20. The summed E-state index contributed by atoms with van der Waals surface area (Å²) in [4.78, 5) is 12.4. The number of fused-ring (bicyclic) bond motifs is 1. The Kier molecular flexibility index (Phi) is 8.11. The first kappa shape index (κ1) is 23.3. The summed E-state index contributed by atoms with van der Waals surface area (Å²) in [5.41, 5.74) is 2.01. The van der Waals surface area contributed by atoms with E-state index in [-0.39, 0.29) is 6.10 Å². The lowest BCUT2D eigenvalue weighted by atomic mass is 10.1. The van der Waals surface area contributed by atoms with Crippen LogP contribution in [-0.4, -0.2) is 14.6 Å². The fourth-order valence-electron chi connectivity index (χ4n) is 2.97. The summed E-state index contributed by atoms with van der Waals surface area (Å²) in [6.45, 7) is 1.06. The molecule has 0 aliphatic carbocycles. The number of ether oxygens (including phenoxy) is 1. The summed E-state index contributed by atoms with van der Waals surface area (Å²) in [7, 11) is 0. The number of rotatable bonds is 6. The van der Waals surface area contributed by atoms with Gasteiger partial charge in [-0.1, -0.05) is 53.0 Å². The summed E-state index contributed by atoms with van der Waals surface area (Å²) >= 11 is 20.4. The predicted octanol–water partition coefficient (Wildman–Crippen LogP) is 6.78. The zero-order chi connectivity index (χ0) is 22.4. The third-order valence-corrected chi connectivity index (χ3v) is 6.38. The smallest absolute Gasteiger partial charge is 0.102 e. The Morgan fingerprint density at radius 2 is 1.94 bits per heavy atom. The van der Waals surface area contributed by atoms with Crippen LogP contribution in [0.5, 0.6) is 0 Å². The molecule has 31 heavy (non-hydrogen) atoms. The molecule has 1 atom stereocenters. The molecule has 0 saturated heterocycles. The number of benzene rings is 2. The maximum Gasteiger partial charge on any atom is 0.102 e. The molecule has 2 heterocycles. The number of aromatic nitrogens is 2. The maximum absolute atomic E-state index is 8.25. The van der Waals surface area contributed by atoms with E-state index in [4.69, 9.17) is 54.9 Å². The Labute approximate surface area is 196 Å². The van der Waals surface area contributed by atoms with Crippen LogP contribution in [0.3, 0.4) is 0 Å². The molecule has 0 saturated carbocycles. The van der Waals surface area contributed by atoms with Crippen molar-refractivity contribution in [3.63, 3.8) is 0 Å². The van der Waals surface area contributed by atoms with E-state index in [1.54, 1.807) is 29.9 Å². The van der Waals surface area contributed by atoms with Gasteiger partial charge in [-0.2, -0.15) is 0 Å². The van der Waals surface area contributed by atoms with Gasteiger partial charge in [0.05, 0.1) is 34.3 Å². The normalized spacial score (nSPS) is 11.7. The van der Waals surface area contributed by atoms with Gasteiger partial charge < -0.3 is 24.6 Å². The van der Waals surface area contributed by atoms with Gasteiger partial charge >= 0.3 is 0 Å². The minimum absolute atomic E-state index is 0.238. The molecule has 7 nitrogen and oxygen atoms in total. The third kappa shape index (κ3) is 6.32. The Morgan fingerprint density at radius 3 is 2.61 bits per heavy atom. The van der Waals surface area contributed by atoms with Crippen molar-refractivity contribution in [2.75, 3.05) is 0 Å². The molecule has 0 unspecified atom stereocenters. The lowest BCUT2D eigenvalue weighted by molar-refractivity contribution is -0.402. The van der Waals surface area contributed by atoms with Crippen LogP contribution in [0.4, 0.5) is 0 Å². The summed E-state index contributed by atoms with van der Waals surface area (Å²) in [5, 5.41) is 19.9. The van der Waals surface area contributed by atoms with Crippen molar-refractivity contribution in [3.05, 3.63) is 102 Å². The number of imidazole rings is 1. The highest BCUT2D eigenvalue weighted by Gasteiger charge is 2.18. The van der Waals surface area contributed by atoms with E-state index in [0.717, 1.165) is 26.2 Å². The summed E-state index contributed by atoms with van der Waals surface area (Å²) < 4.78 is 9.35. The van der Waals surface area contributed by atoms with Gasteiger partial charge in [-0.3, -0.25) is 0 Å². The van der Waals surface area contributed by atoms with Crippen molar-refractivity contribution < 1.29 is 9.82 Å². The van der Waals surface area contributed by atoms with Crippen molar-refractivity contribution >= 4 is 56.2 Å². The molecule has 2 aromatic heterocycles. The topological polar surface area (TPSA) is 93.2 Å².